The summed E-state index contributed by atoms with van der Waals surface area (Å²) in [6, 6.07) is 7.60. The molecule has 0 unspecified atom stereocenters. The van der Waals surface area contributed by atoms with Gasteiger partial charge in [-0.1, -0.05) is 23.7 Å². The Morgan fingerprint density at radius 1 is 1.14 bits per heavy atom. The molecule has 1 aliphatic carbocycles. The second-order valence-electron chi connectivity index (χ2n) is 7.27. The first-order valence-electron chi connectivity index (χ1n) is 9.71. The fourth-order valence-electron chi connectivity index (χ4n) is 3.52. The maximum Gasteiger partial charge on any atom is 0.255 e. The van der Waals surface area contributed by atoms with Crippen LogP contribution in [-0.4, -0.2) is 57.9 Å². The van der Waals surface area contributed by atoms with Crippen molar-refractivity contribution in [1.29, 1.82) is 0 Å². The normalized spacial score (nSPS) is 17.5. The molecule has 1 saturated heterocycles. The average Bonchev–Trinajstić information content (AvgIpc) is 3.10. The van der Waals surface area contributed by atoms with Crippen molar-refractivity contribution >= 4 is 23.6 Å². The standard InChI is InChI=1S/C20H24N4O3S/c1-14-21-18(27-22-14)13-28-17-8-3-2-7-16(17)20(26)24-11-9-23(10-12-24)19(25)15-5-4-6-15/h2-3,7-8,15H,4-6,9-13H2,1H3. The van der Waals surface area contributed by atoms with Gasteiger partial charge in [0.15, 0.2) is 5.82 Å². The molecule has 8 heteroatoms. The predicted octanol–water partition coefficient (Wildman–Crippen LogP) is 2.75. The molecule has 0 spiro atoms. The third kappa shape index (κ3) is 4.06. The van der Waals surface area contributed by atoms with Crippen molar-refractivity contribution in [3.8, 4) is 0 Å². The van der Waals surface area contributed by atoms with E-state index in [4.69, 9.17) is 4.52 Å². The van der Waals surface area contributed by atoms with E-state index in [1.807, 2.05) is 34.1 Å². The molecular weight excluding hydrogens is 376 g/mol. The van der Waals surface area contributed by atoms with E-state index in [2.05, 4.69) is 10.1 Å². The van der Waals surface area contributed by atoms with Crippen molar-refractivity contribution in [2.75, 3.05) is 26.2 Å². The summed E-state index contributed by atoms with van der Waals surface area (Å²) in [4.78, 5) is 34.4. The Labute approximate surface area is 168 Å². The molecule has 1 saturated carbocycles. The van der Waals surface area contributed by atoms with E-state index in [0.29, 0.717) is 49.2 Å². The average molecular weight is 401 g/mol. The van der Waals surface area contributed by atoms with E-state index in [-0.39, 0.29) is 17.7 Å². The molecule has 2 fully saturated rings. The fraction of sp³-hybridized carbons (Fsp3) is 0.500. The minimum absolute atomic E-state index is 0.0144. The number of piperazine rings is 1. The monoisotopic (exact) mass is 400 g/mol. The number of nitrogens with zero attached hydrogens (tertiary/aromatic N) is 4. The summed E-state index contributed by atoms with van der Waals surface area (Å²) in [5.41, 5.74) is 0.683. The van der Waals surface area contributed by atoms with Gasteiger partial charge in [-0.3, -0.25) is 9.59 Å². The lowest BCUT2D eigenvalue weighted by Gasteiger charge is -2.38. The summed E-state index contributed by atoms with van der Waals surface area (Å²) < 4.78 is 5.16. The van der Waals surface area contributed by atoms with Crippen LogP contribution in [0.4, 0.5) is 0 Å². The van der Waals surface area contributed by atoms with Gasteiger partial charge >= 0.3 is 0 Å². The Balaban J connectivity index is 1.37. The molecular formula is C20H24N4O3S. The van der Waals surface area contributed by atoms with E-state index in [1.165, 1.54) is 11.8 Å². The molecule has 2 heterocycles. The van der Waals surface area contributed by atoms with Crippen molar-refractivity contribution < 1.29 is 14.1 Å². The minimum atomic E-state index is 0.0144. The molecule has 148 valence electrons. The Morgan fingerprint density at radius 2 is 1.86 bits per heavy atom. The molecule has 1 aromatic carbocycles. The molecule has 1 aliphatic heterocycles. The predicted molar refractivity (Wildman–Crippen MR) is 105 cm³/mol. The molecule has 2 aliphatic rings. The summed E-state index contributed by atoms with van der Waals surface area (Å²) in [5.74, 6) is 2.18. The molecule has 1 aromatic heterocycles. The van der Waals surface area contributed by atoms with Crippen LogP contribution in [-0.2, 0) is 10.5 Å². The highest BCUT2D eigenvalue weighted by atomic mass is 32.2. The Bertz CT molecular complexity index is 857. The first kappa shape index (κ1) is 19.0. The largest absolute Gasteiger partial charge is 0.339 e. The number of rotatable bonds is 5. The van der Waals surface area contributed by atoms with Crippen molar-refractivity contribution in [1.82, 2.24) is 19.9 Å². The highest BCUT2D eigenvalue weighted by Gasteiger charge is 2.32. The van der Waals surface area contributed by atoms with E-state index in [1.54, 1.807) is 6.92 Å². The molecule has 2 aromatic rings. The minimum Gasteiger partial charge on any atom is -0.339 e. The lowest BCUT2D eigenvalue weighted by molar-refractivity contribution is -0.139. The quantitative estimate of drug-likeness (QED) is 0.718. The Hall–Kier alpha value is -2.35. The zero-order chi connectivity index (χ0) is 19.5. The van der Waals surface area contributed by atoms with Gasteiger partial charge in [-0.25, -0.2) is 0 Å². The highest BCUT2D eigenvalue weighted by molar-refractivity contribution is 7.98. The zero-order valence-electron chi connectivity index (χ0n) is 16.0. The van der Waals surface area contributed by atoms with Crippen LogP contribution in [0, 0.1) is 12.8 Å². The number of hydrogen-bond acceptors (Lipinski definition) is 6. The fourth-order valence-corrected chi connectivity index (χ4v) is 4.40. The molecule has 7 nitrogen and oxygen atoms in total. The van der Waals surface area contributed by atoms with Gasteiger partial charge in [-0.2, -0.15) is 4.98 Å². The number of benzene rings is 1. The van der Waals surface area contributed by atoms with Crippen LogP contribution in [0.2, 0.25) is 0 Å². The van der Waals surface area contributed by atoms with Crippen LogP contribution < -0.4 is 0 Å². The maximum absolute atomic E-state index is 13.1. The van der Waals surface area contributed by atoms with E-state index in [0.717, 1.165) is 24.2 Å². The third-order valence-corrected chi connectivity index (χ3v) is 6.43. The van der Waals surface area contributed by atoms with E-state index >= 15 is 0 Å². The summed E-state index contributed by atoms with van der Waals surface area (Å²) >= 11 is 1.52. The van der Waals surface area contributed by atoms with Crippen LogP contribution in [0.1, 0.15) is 41.3 Å². The van der Waals surface area contributed by atoms with Gasteiger partial charge in [0.05, 0.1) is 11.3 Å². The van der Waals surface area contributed by atoms with E-state index < -0.39 is 0 Å². The van der Waals surface area contributed by atoms with Gasteiger partial charge in [0, 0.05) is 37.0 Å². The number of thioether (sulfide) groups is 1. The SMILES string of the molecule is Cc1noc(CSc2ccccc2C(=O)N2CCN(C(=O)C3CCC3)CC2)n1. The topological polar surface area (TPSA) is 79.5 Å². The molecule has 4 rings (SSSR count). The number of amides is 2. The number of aromatic nitrogens is 2. The van der Waals surface area contributed by atoms with Crippen molar-refractivity contribution in [2.45, 2.75) is 36.8 Å². The summed E-state index contributed by atoms with van der Waals surface area (Å²) in [6.07, 6.45) is 3.19. The maximum atomic E-state index is 13.1. The van der Waals surface area contributed by atoms with Crippen molar-refractivity contribution in [3.63, 3.8) is 0 Å². The Morgan fingerprint density at radius 3 is 2.50 bits per heavy atom. The lowest BCUT2D eigenvalue weighted by Crippen LogP contribution is -2.52. The second kappa shape index (κ2) is 8.34. The molecule has 0 N–H and O–H groups in total. The van der Waals surface area contributed by atoms with E-state index in [9.17, 15) is 9.59 Å². The first-order chi connectivity index (χ1) is 13.6. The van der Waals surface area contributed by atoms with Gasteiger partial charge < -0.3 is 14.3 Å². The van der Waals surface area contributed by atoms with Crippen LogP contribution in [0.25, 0.3) is 0 Å². The summed E-state index contributed by atoms with van der Waals surface area (Å²) in [7, 11) is 0. The summed E-state index contributed by atoms with van der Waals surface area (Å²) in [6.45, 7) is 4.19. The highest BCUT2D eigenvalue weighted by Crippen LogP contribution is 2.29. The van der Waals surface area contributed by atoms with Crippen molar-refractivity contribution in [2.24, 2.45) is 5.92 Å². The van der Waals surface area contributed by atoms with Gasteiger partial charge in [0.1, 0.15) is 0 Å². The third-order valence-electron chi connectivity index (χ3n) is 5.37. The molecule has 0 bridgehead atoms. The van der Waals surface area contributed by atoms with Gasteiger partial charge in [0.25, 0.3) is 5.91 Å². The van der Waals surface area contributed by atoms with Crippen LogP contribution >= 0.6 is 11.8 Å². The zero-order valence-corrected chi connectivity index (χ0v) is 16.8. The van der Waals surface area contributed by atoms with Gasteiger partial charge in [-0.15, -0.1) is 11.8 Å². The van der Waals surface area contributed by atoms with Crippen LogP contribution in [0.3, 0.4) is 0 Å². The van der Waals surface area contributed by atoms with Crippen LogP contribution in [0.15, 0.2) is 33.7 Å². The smallest absolute Gasteiger partial charge is 0.255 e. The van der Waals surface area contributed by atoms with Gasteiger partial charge in [-0.05, 0) is 31.9 Å². The van der Waals surface area contributed by atoms with Gasteiger partial charge in [0.2, 0.25) is 11.8 Å². The van der Waals surface area contributed by atoms with Crippen molar-refractivity contribution in [3.05, 3.63) is 41.5 Å². The summed E-state index contributed by atoms with van der Waals surface area (Å²) in [5, 5.41) is 3.80. The first-order valence-corrected chi connectivity index (χ1v) is 10.7. The number of aryl methyl sites for hydroxylation is 1. The molecule has 28 heavy (non-hydrogen) atoms. The molecule has 2 amide bonds. The number of carbonyl (C=O) groups excluding carboxylic acids is 2. The molecule has 0 radical (unpaired) electrons. The molecule has 0 atom stereocenters. The Kier molecular flexibility index (Phi) is 5.66. The number of hydrogen-bond donors (Lipinski definition) is 0. The second-order valence-corrected chi connectivity index (χ2v) is 8.28. The number of carbonyl (C=O) groups is 2. The van der Waals surface area contributed by atoms with Crippen LogP contribution in [0.5, 0.6) is 0 Å². The lowest BCUT2D eigenvalue weighted by atomic mass is 9.84.